The summed E-state index contributed by atoms with van der Waals surface area (Å²) in [4.78, 5) is 24.6. The van der Waals surface area contributed by atoms with Gasteiger partial charge >= 0.3 is 0 Å². The second-order valence-corrected chi connectivity index (χ2v) is 6.49. The molecule has 0 aromatic heterocycles. The molecule has 0 fully saturated rings. The molecule has 0 unspecified atom stereocenters. The van der Waals surface area contributed by atoms with Gasteiger partial charge in [0, 0.05) is 11.3 Å². The van der Waals surface area contributed by atoms with E-state index in [2.05, 4.69) is 10.6 Å². The number of hydrogen-bond donors (Lipinski definition) is 2. The fraction of sp³-hybridized carbons (Fsp3) is 0.333. The van der Waals surface area contributed by atoms with Gasteiger partial charge in [-0.1, -0.05) is 43.6 Å². The number of anilines is 1. The van der Waals surface area contributed by atoms with Crippen molar-refractivity contribution in [2.24, 2.45) is 0 Å². The first-order valence-electron chi connectivity index (χ1n) is 9.16. The third kappa shape index (κ3) is 5.63. The standard InChI is InChI=1S/C21H25ClN2O4/c1-4-10-28-20-16(22)11-15(12-18(20)27-3)21(26)23-13-19(25)24-17-9-7-6-8-14(17)5-2/h6-9,11-12H,4-5,10,13H2,1-3H3,(H,23,26)(H,24,25). The Kier molecular flexibility index (Phi) is 8.14. The van der Waals surface area contributed by atoms with Gasteiger partial charge in [0.1, 0.15) is 0 Å². The van der Waals surface area contributed by atoms with Crippen molar-refractivity contribution in [3.05, 3.63) is 52.5 Å². The maximum Gasteiger partial charge on any atom is 0.251 e. The zero-order valence-electron chi connectivity index (χ0n) is 16.3. The number of aryl methyl sites for hydroxylation is 1. The predicted molar refractivity (Wildman–Crippen MR) is 111 cm³/mol. The van der Waals surface area contributed by atoms with Crippen molar-refractivity contribution in [2.45, 2.75) is 26.7 Å². The third-order valence-corrected chi connectivity index (χ3v) is 4.30. The van der Waals surface area contributed by atoms with Crippen LogP contribution in [0.3, 0.4) is 0 Å². The van der Waals surface area contributed by atoms with Crippen LogP contribution in [0.5, 0.6) is 11.5 Å². The van der Waals surface area contributed by atoms with E-state index in [1.807, 2.05) is 38.1 Å². The van der Waals surface area contributed by atoms with Crippen LogP contribution in [0, 0.1) is 0 Å². The van der Waals surface area contributed by atoms with Gasteiger partial charge in [0.25, 0.3) is 5.91 Å². The second-order valence-electron chi connectivity index (χ2n) is 6.08. The number of hydrogen-bond acceptors (Lipinski definition) is 4. The first-order valence-corrected chi connectivity index (χ1v) is 9.54. The summed E-state index contributed by atoms with van der Waals surface area (Å²) < 4.78 is 10.9. The Morgan fingerprint density at radius 1 is 1.14 bits per heavy atom. The Bertz CT molecular complexity index is 839. The molecular weight excluding hydrogens is 380 g/mol. The van der Waals surface area contributed by atoms with Gasteiger partial charge in [-0.05, 0) is 36.6 Å². The zero-order valence-corrected chi connectivity index (χ0v) is 17.1. The zero-order chi connectivity index (χ0) is 20.5. The van der Waals surface area contributed by atoms with Gasteiger partial charge in [0.2, 0.25) is 5.91 Å². The Balaban J connectivity index is 2.02. The van der Waals surface area contributed by atoms with Gasteiger partial charge in [0.15, 0.2) is 11.5 Å². The van der Waals surface area contributed by atoms with Gasteiger partial charge in [-0.15, -0.1) is 0 Å². The molecule has 0 saturated heterocycles. The molecule has 0 aliphatic carbocycles. The van der Waals surface area contributed by atoms with Crippen LogP contribution in [0.15, 0.2) is 36.4 Å². The maximum absolute atomic E-state index is 12.4. The van der Waals surface area contributed by atoms with Crippen LogP contribution in [-0.2, 0) is 11.2 Å². The molecule has 0 radical (unpaired) electrons. The summed E-state index contributed by atoms with van der Waals surface area (Å²) in [6, 6.07) is 10.6. The van der Waals surface area contributed by atoms with E-state index in [9.17, 15) is 9.59 Å². The van der Waals surface area contributed by atoms with Crippen LogP contribution in [0.2, 0.25) is 5.02 Å². The molecule has 2 aromatic rings. The number of methoxy groups -OCH3 is 1. The van der Waals surface area contributed by atoms with E-state index >= 15 is 0 Å². The summed E-state index contributed by atoms with van der Waals surface area (Å²) in [5, 5.41) is 5.68. The highest BCUT2D eigenvalue weighted by Gasteiger charge is 2.16. The summed E-state index contributed by atoms with van der Waals surface area (Å²) in [6.07, 6.45) is 1.62. The smallest absolute Gasteiger partial charge is 0.251 e. The number of carbonyl (C=O) groups excluding carboxylic acids is 2. The highest BCUT2D eigenvalue weighted by Crippen LogP contribution is 2.36. The molecule has 28 heavy (non-hydrogen) atoms. The number of rotatable bonds is 9. The fourth-order valence-corrected chi connectivity index (χ4v) is 2.87. The van der Waals surface area contributed by atoms with Crippen molar-refractivity contribution in [1.82, 2.24) is 5.32 Å². The number of benzene rings is 2. The summed E-state index contributed by atoms with van der Waals surface area (Å²) in [7, 11) is 1.48. The van der Waals surface area contributed by atoms with E-state index in [1.165, 1.54) is 19.2 Å². The Labute approximate surface area is 170 Å². The van der Waals surface area contributed by atoms with Crippen molar-refractivity contribution in [3.8, 4) is 11.5 Å². The average molecular weight is 405 g/mol. The highest BCUT2D eigenvalue weighted by molar-refractivity contribution is 6.32. The maximum atomic E-state index is 12.4. The fourth-order valence-electron chi connectivity index (χ4n) is 2.60. The van der Waals surface area contributed by atoms with E-state index in [1.54, 1.807) is 0 Å². The molecule has 0 saturated carbocycles. The van der Waals surface area contributed by atoms with Crippen LogP contribution in [0.25, 0.3) is 0 Å². The minimum Gasteiger partial charge on any atom is -0.493 e. The Morgan fingerprint density at radius 3 is 2.57 bits per heavy atom. The Hall–Kier alpha value is -2.73. The monoisotopic (exact) mass is 404 g/mol. The first kappa shape index (κ1) is 21.6. The minimum absolute atomic E-state index is 0.162. The number of nitrogens with one attached hydrogen (secondary N) is 2. The van der Waals surface area contributed by atoms with Gasteiger partial charge in [-0.2, -0.15) is 0 Å². The van der Waals surface area contributed by atoms with Crippen LogP contribution in [-0.4, -0.2) is 32.1 Å². The molecule has 0 aliphatic heterocycles. The van der Waals surface area contributed by atoms with Crippen molar-refractivity contribution in [2.75, 3.05) is 25.6 Å². The van der Waals surface area contributed by atoms with Crippen molar-refractivity contribution in [3.63, 3.8) is 0 Å². The minimum atomic E-state index is -0.429. The third-order valence-electron chi connectivity index (χ3n) is 4.02. The van der Waals surface area contributed by atoms with Gasteiger partial charge in [-0.3, -0.25) is 9.59 Å². The summed E-state index contributed by atoms with van der Waals surface area (Å²) in [6.45, 7) is 4.32. The largest absolute Gasteiger partial charge is 0.493 e. The van der Waals surface area contributed by atoms with E-state index < -0.39 is 5.91 Å². The van der Waals surface area contributed by atoms with Crippen molar-refractivity contribution in [1.29, 1.82) is 0 Å². The van der Waals surface area contributed by atoms with Crippen LogP contribution in [0.4, 0.5) is 5.69 Å². The quantitative estimate of drug-likeness (QED) is 0.660. The number of carbonyl (C=O) groups is 2. The number of amides is 2. The van der Waals surface area contributed by atoms with Gasteiger partial charge in [-0.25, -0.2) is 0 Å². The first-order chi connectivity index (χ1) is 13.5. The predicted octanol–water partition coefficient (Wildman–Crippen LogP) is 4.07. The lowest BCUT2D eigenvalue weighted by Crippen LogP contribution is -2.33. The number of para-hydroxylation sites is 1. The molecule has 2 rings (SSSR count). The molecule has 150 valence electrons. The van der Waals surface area contributed by atoms with Crippen LogP contribution < -0.4 is 20.1 Å². The number of ether oxygens (including phenoxy) is 2. The van der Waals surface area contributed by atoms with Crippen LogP contribution >= 0.6 is 11.6 Å². The number of halogens is 1. The molecule has 0 aliphatic rings. The summed E-state index contributed by atoms with van der Waals surface area (Å²) in [5.41, 5.74) is 2.06. The summed E-state index contributed by atoms with van der Waals surface area (Å²) >= 11 is 6.23. The second kappa shape index (κ2) is 10.6. The molecule has 2 amide bonds. The molecule has 0 heterocycles. The topological polar surface area (TPSA) is 76.7 Å². The van der Waals surface area contributed by atoms with Crippen LogP contribution in [0.1, 0.15) is 36.2 Å². The highest BCUT2D eigenvalue weighted by atomic mass is 35.5. The van der Waals surface area contributed by atoms with Gasteiger partial charge < -0.3 is 20.1 Å². The lowest BCUT2D eigenvalue weighted by molar-refractivity contribution is -0.115. The molecule has 7 heteroatoms. The van der Waals surface area contributed by atoms with Crippen molar-refractivity contribution >= 4 is 29.1 Å². The average Bonchev–Trinajstić information content (AvgIpc) is 2.70. The van der Waals surface area contributed by atoms with E-state index in [4.69, 9.17) is 21.1 Å². The van der Waals surface area contributed by atoms with Gasteiger partial charge in [0.05, 0.1) is 25.3 Å². The molecule has 0 bridgehead atoms. The lowest BCUT2D eigenvalue weighted by Gasteiger charge is -2.14. The molecule has 0 atom stereocenters. The molecule has 2 N–H and O–H groups in total. The van der Waals surface area contributed by atoms with E-state index in [-0.39, 0.29) is 23.0 Å². The molecule has 6 nitrogen and oxygen atoms in total. The normalized spacial score (nSPS) is 10.3. The SMILES string of the molecule is CCCOc1c(Cl)cc(C(=O)NCC(=O)Nc2ccccc2CC)cc1OC. The molecule has 2 aromatic carbocycles. The van der Waals surface area contributed by atoms with Crippen molar-refractivity contribution < 1.29 is 19.1 Å². The van der Waals surface area contributed by atoms with E-state index in [0.29, 0.717) is 18.1 Å². The van der Waals surface area contributed by atoms with E-state index in [0.717, 1.165) is 24.1 Å². The molecular formula is C21H25ClN2O4. The molecule has 0 spiro atoms. The summed E-state index contributed by atoms with van der Waals surface area (Å²) in [5.74, 6) is 0.0280. The Morgan fingerprint density at radius 2 is 1.89 bits per heavy atom. The lowest BCUT2D eigenvalue weighted by atomic mass is 10.1.